The van der Waals surface area contributed by atoms with E-state index in [1.165, 1.54) is 28.0 Å². The molecular formula is C25H21ClN2O5S. The first kappa shape index (κ1) is 23.7. The molecule has 1 unspecified atom stereocenters. The van der Waals surface area contributed by atoms with E-state index >= 15 is 0 Å². The maximum Gasteiger partial charge on any atom is 0.338 e. The molecule has 0 saturated carbocycles. The van der Waals surface area contributed by atoms with Crippen LogP contribution >= 0.6 is 22.9 Å². The number of benzene rings is 2. The first-order valence-electron chi connectivity index (χ1n) is 10.5. The summed E-state index contributed by atoms with van der Waals surface area (Å²) in [4.78, 5) is 42.7. The monoisotopic (exact) mass is 496 g/mol. The fourth-order valence-corrected chi connectivity index (χ4v) is 4.87. The van der Waals surface area contributed by atoms with Crippen molar-refractivity contribution in [2.24, 2.45) is 4.99 Å². The van der Waals surface area contributed by atoms with Crippen LogP contribution in [-0.2, 0) is 9.53 Å². The van der Waals surface area contributed by atoms with Gasteiger partial charge in [0.05, 0.1) is 33.5 Å². The maximum absolute atomic E-state index is 13.5. The van der Waals surface area contributed by atoms with E-state index in [1.54, 1.807) is 63.2 Å². The van der Waals surface area contributed by atoms with Crippen molar-refractivity contribution in [2.75, 3.05) is 0 Å². The Labute approximate surface area is 203 Å². The highest BCUT2D eigenvalue weighted by Crippen LogP contribution is 2.31. The number of nitrogens with zero attached hydrogens (tertiary/aromatic N) is 2. The number of carboxylic acids is 1. The van der Waals surface area contributed by atoms with Crippen LogP contribution in [0.1, 0.15) is 48.3 Å². The number of ether oxygens (including phenoxy) is 1. The van der Waals surface area contributed by atoms with Crippen molar-refractivity contribution in [3.63, 3.8) is 0 Å². The van der Waals surface area contributed by atoms with Gasteiger partial charge in [-0.15, -0.1) is 0 Å². The number of rotatable bonds is 5. The predicted octanol–water partition coefficient (Wildman–Crippen LogP) is 3.54. The summed E-state index contributed by atoms with van der Waals surface area (Å²) in [6, 6.07) is 12.5. The Morgan fingerprint density at radius 1 is 1.15 bits per heavy atom. The molecule has 4 rings (SSSR count). The highest BCUT2D eigenvalue weighted by Gasteiger charge is 2.33. The Hall–Kier alpha value is -3.49. The van der Waals surface area contributed by atoms with Gasteiger partial charge in [0, 0.05) is 5.02 Å². The largest absolute Gasteiger partial charge is 0.478 e. The fraction of sp³-hybridized carbons (Fsp3) is 0.200. The van der Waals surface area contributed by atoms with E-state index in [4.69, 9.17) is 21.4 Å². The molecule has 1 aromatic heterocycles. The molecule has 2 aromatic carbocycles. The molecule has 1 atom stereocenters. The Bertz CT molecular complexity index is 1480. The lowest BCUT2D eigenvalue weighted by atomic mass is 9.96. The number of thiazole rings is 1. The lowest BCUT2D eigenvalue weighted by Gasteiger charge is -2.25. The summed E-state index contributed by atoms with van der Waals surface area (Å²) >= 11 is 7.27. The second kappa shape index (κ2) is 9.40. The molecule has 0 spiro atoms. The van der Waals surface area contributed by atoms with Crippen LogP contribution in [0.4, 0.5) is 0 Å². The molecule has 0 saturated heterocycles. The third kappa shape index (κ3) is 4.60. The number of fused-ring (bicyclic) bond motifs is 1. The number of hydrogen-bond acceptors (Lipinski definition) is 6. The lowest BCUT2D eigenvalue weighted by molar-refractivity contribution is -0.143. The van der Waals surface area contributed by atoms with Gasteiger partial charge in [-0.3, -0.25) is 9.36 Å². The van der Waals surface area contributed by atoms with E-state index in [0.717, 1.165) is 0 Å². The van der Waals surface area contributed by atoms with E-state index in [1.807, 2.05) is 0 Å². The molecule has 0 radical (unpaired) electrons. The number of carbonyl (C=O) groups is 2. The number of esters is 1. The van der Waals surface area contributed by atoms with Gasteiger partial charge in [-0.25, -0.2) is 14.6 Å². The number of halogens is 1. The summed E-state index contributed by atoms with van der Waals surface area (Å²) in [6.07, 6.45) is 1.34. The molecule has 0 aliphatic carbocycles. The van der Waals surface area contributed by atoms with Crippen LogP contribution < -0.4 is 14.9 Å². The summed E-state index contributed by atoms with van der Waals surface area (Å²) in [5.74, 6) is -1.56. The second-order valence-electron chi connectivity index (χ2n) is 8.01. The Morgan fingerprint density at radius 2 is 1.79 bits per heavy atom. The van der Waals surface area contributed by atoms with Gasteiger partial charge in [-0.05, 0) is 62.2 Å². The zero-order valence-electron chi connectivity index (χ0n) is 18.6. The van der Waals surface area contributed by atoms with Gasteiger partial charge in [0.25, 0.3) is 5.56 Å². The molecule has 34 heavy (non-hydrogen) atoms. The van der Waals surface area contributed by atoms with Gasteiger partial charge in [-0.1, -0.05) is 47.2 Å². The Kier molecular flexibility index (Phi) is 6.54. The highest BCUT2D eigenvalue weighted by molar-refractivity contribution is 7.07. The zero-order chi connectivity index (χ0) is 24.6. The van der Waals surface area contributed by atoms with Gasteiger partial charge in [0.15, 0.2) is 4.80 Å². The first-order valence-corrected chi connectivity index (χ1v) is 11.7. The minimum atomic E-state index is -1.02. The normalized spacial score (nSPS) is 15.8. The number of aromatic carboxylic acids is 1. The summed E-state index contributed by atoms with van der Waals surface area (Å²) in [7, 11) is 0. The van der Waals surface area contributed by atoms with Crippen LogP contribution in [0.2, 0.25) is 5.02 Å². The van der Waals surface area contributed by atoms with Crippen LogP contribution in [0.25, 0.3) is 6.08 Å². The number of aromatic nitrogens is 1. The van der Waals surface area contributed by atoms with Gasteiger partial charge in [0.2, 0.25) is 0 Å². The summed E-state index contributed by atoms with van der Waals surface area (Å²) in [5, 5.41) is 9.63. The standard InChI is InChI=1S/C25H21ClN2O5S/c1-13(2)33-24(32)20-14(3)27-25-28(21(20)16-8-10-18(26)11-9-16)22(29)19(34-25)12-15-4-6-17(7-5-15)23(30)31/h4-13,21H,1-3H3,(H,30,31)/b19-12-. The molecule has 1 N–H and O–H groups in total. The van der Waals surface area contributed by atoms with E-state index in [9.17, 15) is 14.4 Å². The third-order valence-corrected chi connectivity index (χ3v) is 6.46. The topological polar surface area (TPSA) is 98.0 Å². The Balaban J connectivity index is 1.90. The minimum Gasteiger partial charge on any atom is -0.478 e. The van der Waals surface area contributed by atoms with Gasteiger partial charge in [0.1, 0.15) is 0 Å². The molecule has 7 nitrogen and oxygen atoms in total. The van der Waals surface area contributed by atoms with Crippen LogP contribution in [0.3, 0.4) is 0 Å². The van der Waals surface area contributed by atoms with E-state index < -0.39 is 18.0 Å². The second-order valence-corrected chi connectivity index (χ2v) is 9.46. The molecule has 0 bridgehead atoms. The van der Waals surface area contributed by atoms with Crippen molar-refractivity contribution in [3.8, 4) is 0 Å². The van der Waals surface area contributed by atoms with Crippen LogP contribution in [0.5, 0.6) is 0 Å². The molecule has 1 aliphatic rings. The smallest absolute Gasteiger partial charge is 0.338 e. The fourth-order valence-electron chi connectivity index (χ4n) is 3.69. The highest BCUT2D eigenvalue weighted by atomic mass is 35.5. The van der Waals surface area contributed by atoms with Crippen molar-refractivity contribution >= 4 is 41.0 Å². The average molecular weight is 497 g/mol. The number of hydrogen-bond donors (Lipinski definition) is 1. The zero-order valence-corrected chi connectivity index (χ0v) is 20.2. The van der Waals surface area contributed by atoms with E-state index in [2.05, 4.69) is 4.99 Å². The quantitative estimate of drug-likeness (QED) is 0.545. The van der Waals surface area contributed by atoms with E-state index in [-0.39, 0.29) is 17.2 Å². The SMILES string of the molecule is CC1=C(C(=O)OC(C)C)C(c2ccc(Cl)cc2)n2c(s/c(=C\c3ccc(C(=O)O)cc3)c2=O)=N1. The van der Waals surface area contributed by atoms with Crippen LogP contribution in [0, 0.1) is 0 Å². The molecule has 1 aliphatic heterocycles. The molecule has 2 heterocycles. The van der Waals surface area contributed by atoms with Crippen molar-refractivity contribution in [3.05, 3.63) is 101 Å². The lowest BCUT2D eigenvalue weighted by Crippen LogP contribution is -2.40. The van der Waals surface area contributed by atoms with Crippen molar-refractivity contribution < 1.29 is 19.4 Å². The molecule has 174 valence electrons. The van der Waals surface area contributed by atoms with Gasteiger partial charge >= 0.3 is 11.9 Å². The van der Waals surface area contributed by atoms with Crippen molar-refractivity contribution in [1.82, 2.24) is 4.57 Å². The first-order chi connectivity index (χ1) is 16.2. The Morgan fingerprint density at radius 3 is 2.38 bits per heavy atom. The minimum absolute atomic E-state index is 0.158. The number of carboxylic acid groups (broad SMARTS) is 1. The predicted molar refractivity (Wildman–Crippen MR) is 130 cm³/mol. The van der Waals surface area contributed by atoms with Gasteiger partial charge in [-0.2, -0.15) is 0 Å². The average Bonchev–Trinajstić information content (AvgIpc) is 3.07. The van der Waals surface area contributed by atoms with Crippen LogP contribution in [0.15, 0.2) is 69.6 Å². The maximum atomic E-state index is 13.5. The summed E-state index contributed by atoms with van der Waals surface area (Å²) in [5.41, 5.74) is 1.99. The molecule has 9 heteroatoms. The summed E-state index contributed by atoms with van der Waals surface area (Å²) < 4.78 is 7.38. The van der Waals surface area contributed by atoms with E-state index in [0.29, 0.717) is 36.8 Å². The number of allylic oxidation sites excluding steroid dienone is 1. The molecule has 0 fully saturated rings. The van der Waals surface area contributed by atoms with Crippen molar-refractivity contribution in [2.45, 2.75) is 32.9 Å². The number of carbonyl (C=O) groups excluding carboxylic acids is 1. The summed E-state index contributed by atoms with van der Waals surface area (Å²) in [6.45, 7) is 5.24. The van der Waals surface area contributed by atoms with Gasteiger partial charge < -0.3 is 9.84 Å². The van der Waals surface area contributed by atoms with Crippen LogP contribution in [-0.4, -0.2) is 27.7 Å². The third-order valence-electron chi connectivity index (χ3n) is 5.23. The molecule has 0 amide bonds. The van der Waals surface area contributed by atoms with Crippen molar-refractivity contribution in [1.29, 1.82) is 0 Å². The molecule has 3 aromatic rings. The molecular weight excluding hydrogens is 476 g/mol.